The molecule has 0 saturated carbocycles. The lowest BCUT2D eigenvalue weighted by Gasteiger charge is -2.20. The maximum atomic E-state index is 12.6. The lowest BCUT2D eigenvalue weighted by Crippen LogP contribution is -2.34. The van der Waals surface area contributed by atoms with E-state index in [0.29, 0.717) is 23.9 Å². The zero-order valence-corrected chi connectivity index (χ0v) is 13.4. The van der Waals surface area contributed by atoms with Crippen LogP contribution in [0.15, 0.2) is 29.2 Å². The minimum Gasteiger partial charge on any atom is -0.305 e. The van der Waals surface area contributed by atoms with Crippen molar-refractivity contribution < 1.29 is 8.42 Å². The van der Waals surface area contributed by atoms with E-state index in [1.165, 1.54) is 5.56 Å². The number of sulfonamides is 1. The molecule has 0 aromatic heterocycles. The maximum Gasteiger partial charge on any atom is 0.243 e. The molecule has 1 aromatic rings. The van der Waals surface area contributed by atoms with Crippen LogP contribution < -0.4 is 0 Å². The van der Waals surface area contributed by atoms with Crippen LogP contribution in [0, 0.1) is 0 Å². The molecule has 112 valence electrons. The minimum absolute atomic E-state index is 0.409. The molecule has 1 aliphatic heterocycles. The van der Waals surface area contributed by atoms with Gasteiger partial charge >= 0.3 is 0 Å². The SMILES string of the molecule is CC(C)c1ccc(S(=O)(=O)N2CCCN(C)CC2)cc1. The lowest BCUT2D eigenvalue weighted by atomic mass is 10.0. The van der Waals surface area contributed by atoms with Crippen LogP contribution in [-0.4, -0.2) is 50.8 Å². The van der Waals surface area contributed by atoms with Gasteiger partial charge in [-0.05, 0) is 43.6 Å². The molecule has 0 spiro atoms. The molecular formula is C15H24N2O2S. The quantitative estimate of drug-likeness (QED) is 0.858. The van der Waals surface area contributed by atoms with Crippen molar-refractivity contribution in [2.24, 2.45) is 0 Å². The Morgan fingerprint density at radius 1 is 1.00 bits per heavy atom. The standard InChI is InChI=1S/C15H24N2O2S/c1-13(2)14-5-7-15(8-6-14)20(18,19)17-10-4-9-16(3)11-12-17/h5-8,13H,4,9-12H2,1-3H3. The Morgan fingerprint density at radius 2 is 1.65 bits per heavy atom. The van der Waals surface area contributed by atoms with Crippen molar-refractivity contribution in [1.82, 2.24) is 9.21 Å². The molecule has 0 amide bonds. The zero-order valence-electron chi connectivity index (χ0n) is 12.5. The number of rotatable bonds is 3. The van der Waals surface area contributed by atoms with Gasteiger partial charge in [0, 0.05) is 19.6 Å². The summed E-state index contributed by atoms with van der Waals surface area (Å²) in [6.45, 7) is 7.15. The molecule has 0 bridgehead atoms. The molecular weight excluding hydrogens is 272 g/mol. The molecule has 5 heteroatoms. The van der Waals surface area contributed by atoms with E-state index in [1.807, 2.05) is 19.2 Å². The minimum atomic E-state index is -3.34. The van der Waals surface area contributed by atoms with Crippen molar-refractivity contribution in [3.63, 3.8) is 0 Å². The average molecular weight is 296 g/mol. The van der Waals surface area contributed by atoms with Gasteiger partial charge in [0.25, 0.3) is 0 Å². The number of likely N-dealkylation sites (N-methyl/N-ethyl adjacent to an activating group) is 1. The first-order valence-corrected chi connectivity index (χ1v) is 8.64. The first-order valence-electron chi connectivity index (χ1n) is 7.20. The summed E-state index contributed by atoms with van der Waals surface area (Å²) in [5.74, 6) is 0.415. The van der Waals surface area contributed by atoms with E-state index in [0.717, 1.165) is 19.5 Å². The van der Waals surface area contributed by atoms with Crippen molar-refractivity contribution in [3.8, 4) is 0 Å². The van der Waals surface area contributed by atoms with Crippen LogP contribution in [0.1, 0.15) is 31.7 Å². The Bertz CT molecular complexity index is 537. The highest BCUT2D eigenvalue weighted by atomic mass is 32.2. The molecule has 0 radical (unpaired) electrons. The summed E-state index contributed by atoms with van der Waals surface area (Å²) in [4.78, 5) is 2.59. The summed E-state index contributed by atoms with van der Waals surface area (Å²) < 4.78 is 26.9. The zero-order chi connectivity index (χ0) is 14.8. The first-order chi connectivity index (χ1) is 9.41. The fourth-order valence-electron chi connectivity index (χ4n) is 2.44. The molecule has 1 saturated heterocycles. The molecule has 20 heavy (non-hydrogen) atoms. The van der Waals surface area contributed by atoms with Gasteiger partial charge < -0.3 is 4.90 Å². The van der Waals surface area contributed by atoms with Gasteiger partial charge in [-0.1, -0.05) is 26.0 Å². The van der Waals surface area contributed by atoms with Crippen molar-refractivity contribution in [3.05, 3.63) is 29.8 Å². The van der Waals surface area contributed by atoms with Crippen LogP contribution in [-0.2, 0) is 10.0 Å². The van der Waals surface area contributed by atoms with Crippen molar-refractivity contribution in [1.29, 1.82) is 0 Å². The molecule has 4 nitrogen and oxygen atoms in total. The summed E-state index contributed by atoms with van der Waals surface area (Å²) in [7, 11) is -1.31. The van der Waals surface area contributed by atoms with Gasteiger partial charge in [0.05, 0.1) is 4.90 Å². The Morgan fingerprint density at radius 3 is 2.25 bits per heavy atom. The van der Waals surface area contributed by atoms with E-state index in [-0.39, 0.29) is 0 Å². The molecule has 1 fully saturated rings. The third kappa shape index (κ3) is 3.40. The van der Waals surface area contributed by atoms with Gasteiger partial charge in [-0.3, -0.25) is 0 Å². The third-order valence-corrected chi connectivity index (χ3v) is 5.78. The highest BCUT2D eigenvalue weighted by Crippen LogP contribution is 2.21. The maximum absolute atomic E-state index is 12.6. The van der Waals surface area contributed by atoms with Crippen molar-refractivity contribution in [2.45, 2.75) is 31.1 Å². The average Bonchev–Trinajstić information content (AvgIpc) is 2.64. The topological polar surface area (TPSA) is 40.6 Å². The van der Waals surface area contributed by atoms with E-state index >= 15 is 0 Å². The van der Waals surface area contributed by atoms with E-state index in [9.17, 15) is 8.42 Å². The van der Waals surface area contributed by atoms with Gasteiger partial charge in [0.1, 0.15) is 0 Å². The van der Waals surface area contributed by atoms with Crippen molar-refractivity contribution in [2.75, 3.05) is 33.2 Å². The number of hydrogen-bond donors (Lipinski definition) is 0. The number of nitrogens with zero attached hydrogens (tertiary/aromatic N) is 2. The molecule has 0 N–H and O–H groups in total. The smallest absolute Gasteiger partial charge is 0.243 e. The summed E-state index contributed by atoms with van der Waals surface area (Å²) in [6, 6.07) is 7.31. The van der Waals surface area contributed by atoms with Gasteiger partial charge in [0.2, 0.25) is 10.0 Å². The van der Waals surface area contributed by atoms with Crippen LogP contribution in [0.2, 0.25) is 0 Å². The molecule has 1 aromatic carbocycles. The predicted octanol–water partition coefficient (Wildman–Crippen LogP) is 2.14. The van der Waals surface area contributed by atoms with Gasteiger partial charge in [-0.2, -0.15) is 4.31 Å². The number of hydrogen-bond acceptors (Lipinski definition) is 3. The highest BCUT2D eigenvalue weighted by Gasteiger charge is 2.25. The number of benzene rings is 1. The fraction of sp³-hybridized carbons (Fsp3) is 0.600. The Balaban J connectivity index is 2.21. The second-order valence-electron chi connectivity index (χ2n) is 5.78. The first kappa shape index (κ1) is 15.5. The van der Waals surface area contributed by atoms with Gasteiger partial charge in [-0.15, -0.1) is 0 Å². The van der Waals surface area contributed by atoms with E-state index < -0.39 is 10.0 Å². The Labute approximate surface area is 122 Å². The molecule has 1 aliphatic rings. The highest BCUT2D eigenvalue weighted by molar-refractivity contribution is 7.89. The largest absolute Gasteiger partial charge is 0.305 e. The van der Waals surface area contributed by atoms with Crippen LogP contribution in [0.25, 0.3) is 0 Å². The van der Waals surface area contributed by atoms with Crippen molar-refractivity contribution >= 4 is 10.0 Å². The van der Waals surface area contributed by atoms with Crippen LogP contribution >= 0.6 is 0 Å². The second kappa shape index (κ2) is 6.24. The van der Waals surface area contributed by atoms with Crippen LogP contribution in [0.5, 0.6) is 0 Å². The van der Waals surface area contributed by atoms with E-state index in [4.69, 9.17) is 0 Å². The molecule has 2 rings (SSSR count). The predicted molar refractivity (Wildman–Crippen MR) is 81.4 cm³/mol. The summed E-state index contributed by atoms with van der Waals surface area (Å²) in [5.41, 5.74) is 1.17. The monoisotopic (exact) mass is 296 g/mol. The third-order valence-electron chi connectivity index (χ3n) is 3.86. The second-order valence-corrected chi connectivity index (χ2v) is 7.72. The van der Waals surface area contributed by atoms with Gasteiger partial charge in [-0.25, -0.2) is 8.42 Å². The Kier molecular flexibility index (Phi) is 4.83. The Hall–Kier alpha value is -0.910. The molecule has 0 aliphatic carbocycles. The molecule has 0 unspecified atom stereocenters. The lowest BCUT2D eigenvalue weighted by molar-refractivity contribution is 0.347. The normalized spacial score (nSPS) is 19.2. The summed E-state index contributed by atoms with van der Waals surface area (Å²) in [6.07, 6.45) is 0.889. The van der Waals surface area contributed by atoms with E-state index in [1.54, 1.807) is 16.4 Å². The summed E-state index contributed by atoms with van der Waals surface area (Å²) >= 11 is 0. The van der Waals surface area contributed by atoms with Crippen LogP contribution in [0.3, 0.4) is 0 Å². The summed E-state index contributed by atoms with van der Waals surface area (Å²) in [5, 5.41) is 0. The molecule has 1 heterocycles. The fourth-order valence-corrected chi connectivity index (χ4v) is 3.91. The van der Waals surface area contributed by atoms with Crippen LogP contribution in [0.4, 0.5) is 0 Å². The van der Waals surface area contributed by atoms with Gasteiger partial charge in [0.15, 0.2) is 0 Å². The van der Waals surface area contributed by atoms with E-state index in [2.05, 4.69) is 18.7 Å². The molecule has 0 atom stereocenters.